The molecule has 0 spiro atoms. The summed E-state index contributed by atoms with van der Waals surface area (Å²) in [5.74, 6) is -0.0581. The van der Waals surface area contributed by atoms with E-state index in [1.807, 2.05) is 24.4 Å². The van der Waals surface area contributed by atoms with Crippen molar-refractivity contribution in [3.63, 3.8) is 0 Å². The number of aromatic nitrogens is 2. The van der Waals surface area contributed by atoms with Gasteiger partial charge in [-0.05, 0) is 50.3 Å². The lowest BCUT2D eigenvalue weighted by atomic mass is 10.1. The van der Waals surface area contributed by atoms with E-state index in [0.29, 0.717) is 12.2 Å². The van der Waals surface area contributed by atoms with E-state index in [1.54, 1.807) is 11.3 Å². The highest BCUT2D eigenvalue weighted by molar-refractivity contribution is 7.17. The molecule has 142 valence electrons. The number of thiazole rings is 1. The van der Waals surface area contributed by atoms with Gasteiger partial charge in [-0.2, -0.15) is 0 Å². The Kier molecular flexibility index (Phi) is 5.16. The number of nitrogens with zero attached hydrogens (tertiary/aromatic N) is 3. The second-order valence-electron chi connectivity index (χ2n) is 7.15. The zero-order valence-corrected chi connectivity index (χ0v) is 16.8. The Morgan fingerprint density at radius 3 is 2.63 bits per heavy atom. The molecule has 1 aromatic carbocycles. The predicted octanol–water partition coefficient (Wildman–Crippen LogP) is 4.19. The van der Waals surface area contributed by atoms with E-state index in [0.717, 1.165) is 40.6 Å². The summed E-state index contributed by atoms with van der Waals surface area (Å²) in [6.45, 7) is 6.89. The molecule has 3 aromatic rings. The van der Waals surface area contributed by atoms with Crippen LogP contribution in [0.25, 0.3) is 4.96 Å². The Balaban J connectivity index is 1.45. The van der Waals surface area contributed by atoms with E-state index < -0.39 is 0 Å². The minimum Gasteiger partial charge on any atom is -0.372 e. The van der Waals surface area contributed by atoms with Crippen LogP contribution in [0.3, 0.4) is 0 Å². The van der Waals surface area contributed by atoms with Gasteiger partial charge >= 0.3 is 0 Å². The summed E-state index contributed by atoms with van der Waals surface area (Å²) in [6, 6.07) is 8.57. The van der Waals surface area contributed by atoms with Crippen LogP contribution in [-0.2, 0) is 13.0 Å². The van der Waals surface area contributed by atoms with Crippen molar-refractivity contribution in [2.45, 2.75) is 46.1 Å². The van der Waals surface area contributed by atoms with Gasteiger partial charge in [-0.25, -0.2) is 4.98 Å². The summed E-state index contributed by atoms with van der Waals surface area (Å²) < 4.78 is 1.92. The average molecular weight is 383 g/mol. The van der Waals surface area contributed by atoms with E-state index in [1.165, 1.54) is 24.9 Å². The second-order valence-corrected chi connectivity index (χ2v) is 8.37. The molecule has 0 atom stereocenters. The van der Waals surface area contributed by atoms with Gasteiger partial charge in [0.1, 0.15) is 5.69 Å². The first-order valence-corrected chi connectivity index (χ1v) is 10.6. The van der Waals surface area contributed by atoms with Gasteiger partial charge < -0.3 is 10.2 Å². The Bertz CT molecular complexity index is 935. The van der Waals surface area contributed by atoms with E-state index in [4.69, 9.17) is 0 Å². The number of rotatable bonds is 5. The number of hydrogen-bond acceptors (Lipinski definition) is 4. The fourth-order valence-electron chi connectivity index (χ4n) is 3.73. The standard InChI is InChI=1S/C21H26N4OS/c1-3-18-19(25-14-15(2)27-21(25)23-18)20(26)22-13-16-7-9-17(10-8-16)24-11-5-4-6-12-24/h7-10,14H,3-6,11-13H2,1-2H3,(H,22,26). The summed E-state index contributed by atoms with van der Waals surface area (Å²) >= 11 is 1.62. The first-order valence-electron chi connectivity index (χ1n) is 9.75. The van der Waals surface area contributed by atoms with Gasteiger partial charge in [-0.15, -0.1) is 11.3 Å². The third kappa shape index (κ3) is 3.72. The molecule has 1 aliphatic rings. The van der Waals surface area contributed by atoms with Gasteiger partial charge in [0.05, 0.1) is 5.69 Å². The molecular formula is C21H26N4OS. The number of hydrogen-bond donors (Lipinski definition) is 1. The first-order chi connectivity index (χ1) is 13.2. The molecule has 0 radical (unpaired) electrons. The van der Waals surface area contributed by atoms with Crippen LogP contribution in [0.5, 0.6) is 0 Å². The summed E-state index contributed by atoms with van der Waals surface area (Å²) in [5.41, 5.74) is 3.93. The van der Waals surface area contributed by atoms with E-state index >= 15 is 0 Å². The quantitative estimate of drug-likeness (QED) is 0.720. The van der Waals surface area contributed by atoms with Crippen molar-refractivity contribution in [2.24, 2.45) is 0 Å². The number of nitrogens with one attached hydrogen (secondary N) is 1. The fourth-order valence-corrected chi connectivity index (χ4v) is 4.57. The number of carbonyl (C=O) groups is 1. The molecule has 6 heteroatoms. The van der Waals surface area contributed by atoms with Crippen LogP contribution in [0.2, 0.25) is 0 Å². The lowest BCUT2D eigenvalue weighted by Crippen LogP contribution is -2.29. The zero-order chi connectivity index (χ0) is 18.8. The summed E-state index contributed by atoms with van der Waals surface area (Å²) in [5, 5.41) is 3.07. The second kappa shape index (κ2) is 7.72. The number of carbonyl (C=O) groups excluding carboxylic acids is 1. The van der Waals surface area contributed by atoms with Crippen molar-refractivity contribution in [2.75, 3.05) is 18.0 Å². The zero-order valence-electron chi connectivity index (χ0n) is 16.0. The van der Waals surface area contributed by atoms with Gasteiger partial charge in [0.15, 0.2) is 4.96 Å². The maximum Gasteiger partial charge on any atom is 0.270 e. The number of aryl methyl sites for hydroxylation is 2. The highest BCUT2D eigenvalue weighted by Gasteiger charge is 2.19. The van der Waals surface area contributed by atoms with Crippen LogP contribution in [0.1, 0.15) is 52.8 Å². The highest BCUT2D eigenvalue weighted by atomic mass is 32.1. The van der Waals surface area contributed by atoms with Crippen LogP contribution in [-0.4, -0.2) is 28.4 Å². The van der Waals surface area contributed by atoms with Crippen LogP contribution in [0.15, 0.2) is 30.5 Å². The molecule has 27 heavy (non-hydrogen) atoms. The van der Waals surface area contributed by atoms with Crippen LogP contribution in [0, 0.1) is 6.92 Å². The van der Waals surface area contributed by atoms with Gasteiger partial charge in [0.25, 0.3) is 5.91 Å². The molecule has 1 aliphatic heterocycles. The van der Waals surface area contributed by atoms with Gasteiger partial charge in [0.2, 0.25) is 0 Å². The summed E-state index contributed by atoms with van der Waals surface area (Å²) in [6.07, 6.45) is 6.64. The lowest BCUT2D eigenvalue weighted by Gasteiger charge is -2.28. The minimum atomic E-state index is -0.0581. The fraction of sp³-hybridized carbons (Fsp3) is 0.429. The van der Waals surface area contributed by atoms with E-state index in [2.05, 4.69) is 39.5 Å². The van der Waals surface area contributed by atoms with Gasteiger partial charge in [-0.1, -0.05) is 19.1 Å². The maximum atomic E-state index is 12.8. The third-order valence-corrected chi connectivity index (χ3v) is 6.07. The van der Waals surface area contributed by atoms with Crippen LogP contribution in [0.4, 0.5) is 5.69 Å². The van der Waals surface area contributed by atoms with Crippen molar-refractivity contribution < 1.29 is 4.79 Å². The van der Waals surface area contributed by atoms with Crippen molar-refractivity contribution in [1.29, 1.82) is 0 Å². The number of fused-ring (bicyclic) bond motifs is 1. The molecule has 0 saturated carbocycles. The summed E-state index contributed by atoms with van der Waals surface area (Å²) in [7, 11) is 0. The number of benzene rings is 1. The molecule has 0 bridgehead atoms. The smallest absolute Gasteiger partial charge is 0.270 e. The monoisotopic (exact) mass is 382 g/mol. The molecule has 2 aromatic heterocycles. The van der Waals surface area contributed by atoms with Crippen molar-refractivity contribution >= 4 is 27.9 Å². The average Bonchev–Trinajstić information content (AvgIpc) is 3.22. The van der Waals surface area contributed by atoms with Crippen molar-refractivity contribution in [3.05, 3.63) is 52.3 Å². The number of imidazole rings is 1. The third-order valence-electron chi connectivity index (χ3n) is 5.17. The van der Waals surface area contributed by atoms with E-state index in [-0.39, 0.29) is 5.91 Å². The SMILES string of the molecule is CCc1nc2sc(C)cn2c1C(=O)NCc1ccc(N2CCCCC2)cc1. The Hall–Kier alpha value is -2.34. The van der Waals surface area contributed by atoms with E-state index in [9.17, 15) is 4.79 Å². The Labute approximate surface area is 164 Å². The molecule has 1 N–H and O–H groups in total. The molecule has 0 unspecified atom stereocenters. The summed E-state index contributed by atoms with van der Waals surface area (Å²) in [4.78, 5) is 21.9. The van der Waals surface area contributed by atoms with Gasteiger partial charge in [-0.3, -0.25) is 9.20 Å². The molecule has 1 fully saturated rings. The van der Waals surface area contributed by atoms with Crippen LogP contribution < -0.4 is 10.2 Å². The largest absolute Gasteiger partial charge is 0.372 e. The number of anilines is 1. The van der Waals surface area contributed by atoms with Crippen molar-refractivity contribution in [3.8, 4) is 0 Å². The normalized spacial score (nSPS) is 14.7. The van der Waals surface area contributed by atoms with Crippen molar-refractivity contribution in [1.82, 2.24) is 14.7 Å². The lowest BCUT2D eigenvalue weighted by molar-refractivity contribution is 0.0944. The molecule has 3 heterocycles. The molecule has 4 rings (SSSR count). The predicted molar refractivity (Wildman–Crippen MR) is 111 cm³/mol. The van der Waals surface area contributed by atoms with Crippen LogP contribution >= 0.6 is 11.3 Å². The highest BCUT2D eigenvalue weighted by Crippen LogP contribution is 2.22. The minimum absolute atomic E-state index is 0.0581. The molecule has 5 nitrogen and oxygen atoms in total. The topological polar surface area (TPSA) is 49.6 Å². The molecular weight excluding hydrogens is 356 g/mol. The maximum absolute atomic E-state index is 12.8. The first kappa shape index (κ1) is 18.0. The van der Waals surface area contributed by atoms with Gasteiger partial charge in [0, 0.05) is 36.4 Å². The molecule has 1 amide bonds. The number of amides is 1. The number of piperidine rings is 1. The molecule has 0 aliphatic carbocycles. The molecule has 1 saturated heterocycles. The Morgan fingerprint density at radius 2 is 1.93 bits per heavy atom. The Morgan fingerprint density at radius 1 is 1.19 bits per heavy atom.